The van der Waals surface area contributed by atoms with Crippen molar-refractivity contribution in [3.05, 3.63) is 0 Å². The second-order valence-corrected chi connectivity index (χ2v) is 7.15. The molecule has 0 aliphatic carbocycles. The number of ether oxygens (including phenoxy) is 1. The van der Waals surface area contributed by atoms with Gasteiger partial charge in [-0.05, 0) is 18.8 Å². The van der Waals surface area contributed by atoms with Crippen molar-refractivity contribution < 1.29 is 4.74 Å². The van der Waals surface area contributed by atoms with Crippen LogP contribution in [-0.4, -0.2) is 12.2 Å². The van der Waals surface area contributed by atoms with Crippen molar-refractivity contribution >= 4 is 0 Å². The van der Waals surface area contributed by atoms with Crippen LogP contribution in [0.2, 0.25) is 0 Å². The normalized spacial score (nSPS) is 21.6. The van der Waals surface area contributed by atoms with Crippen molar-refractivity contribution in [3.8, 4) is 0 Å². The van der Waals surface area contributed by atoms with E-state index in [2.05, 4.69) is 20.8 Å². The molecule has 0 bridgehead atoms. The topological polar surface area (TPSA) is 12.5 Å². The predicted octanol–water partition coefficient (Wildman–Crippen LogP) is 6.50. The molecular weight excluding hydrogens is 244 g/mol. The van der Waals surface area contributed by atoms with Crippen LogP contribution in [0.4, 0.5) is 0 Å². The van der Waals surface area contributed by atoms with E-state index in [1.807, 2.05) is 0 Å². The molecule has 1 heteroatoms. The van der Waals surface area contributed by atoms with E-state index in [4.69, 9.17) is 4.74 Å². The van der Waals surface area contributed by atoms with E-state index in [0.717, 1.165) is 5.92 Å². The number of unbranched alkanes of at least 4 members (excludes halogenated alkanes) is 8. The smallest absolute Gasteiger partial charge is 0.0841 e. The summed E-state index contributed by atoms with van der Waals surface area (Å²) in [5.41, 5.74) is 0. The number of hydrogen-bond acceptors (Lipinski definition) is 1. The lowest BCUT2D eigenvalue weighted by Gasteiger charge is -2.02. The van der Waals surface area contributed by atoms with Crippen LogP contribution in [0.25, 0.3) is 0 Å². The van der Waals surface area contributed by atoms with Crippen LogP contribution in [0.5, 0.6) is 0 Å². The van der Waals surface area contributed by atoms with E-state index in [9.17, 15) is 0 Å². The summed E-state index contributed by atoms with van der Waals surface area (Å²) in [6.45, 7) is 6.92. The lowest BCUT2D eigenvalue weighted by Crippen LogP contribution is -1.95. The van der Waals surface area contributed by atoms with Gasteiger partial charge in [-0.15, -0.1) is 0 Å². The first kappa shape index (κ1) is 18.0. The molecule has 1 aliphatic rings. The Kier molecular flexibility index (Phi) is 10.4. The predicted molar refractivity (Wildman–Crippen MR) is 89.2 cm³/mol. The molecule has 0 aromatic rings. The van der Waals surface area contributed by atoms with Crippen LogP contribution in [0.3, 0.4) is 0 Å². The Morgan fingerprint density at radius 2 is 1.20 bits per heavy atom. The van der Waals surface area contributed by atoms with E-state index in [-0.39, 0.29) is 0 Å². The minimum atomic E-state index is 0.631. The van der Waals surface area contributed by atoms with E-state index < -0.39 is 0 Å². The monoisotopic (exact) mass is 282 g/mol. The molecular formula is C19H38O. The van der Waals surface area contributed by atoms with Gasteiger partial charge in [0.1, 0.15) is 0 Å². The van der Waals surface area contributed by atoms with Crippen LogP contribution in [0.1, 0.15) is 104 Å². The fraction of sp³-hybridized carbons (Fsp3) is 1.00. The van der Waals surface area contributed by atoms with Crippen LogP contribution in [0.15, 0.2) is 0 Å². The van der Waals surface area contributed by atoms with Gasteiger partial charge in [0.2, 0.25) is 0 Å². The minimum absolute atomic E-state index is 0.631. The third-order valence-corrected chi connectivity index (χ3v) is 4.55. The summed E-state index contributed by atoms with van der Waals surface area (Å²) >= 11 is 0. The molecule has 1 aliphatic heterocycles. The maximum Gasteiger partial charge on any atom is 0.0841 e. The second-order valence-electron chi connectivity index (χ2n) is 7.15. The van der Waals surface area contributed by atoms with Crippen molar-refractivity contribution in [3.63, 3.8) is 0 Å². The highest BCUT2D eigenvalue weighted by Crippen LogP contribution is 2.31. The summed E-state index contributed by atoms with van der Waals surface area (Å²) in [5, 5.41) is 0. The SMILES string of the molecule is CCCCCCCCCCC1O[C@H]1CCCCC(C)C. The van der Waals surface area contributed by atoms with Crippen molar-refractivity contribution in [2.45, 2.75) is 116 Å². The third kappa shape index (κ3) is 9.80. The Labute approximate surface area is 127 Å². The third-order valence-electron chi connectivity index (χ3n) is 4.55. The first-order valence-electron chi connectivity index (χ1n) is 9.39. The highest BCUT2D eigenvalue weighted by Gasteiger charge is 2.36. The average Bonchev–Trinajstić information content (AvgIpc) is 3.16. The molecule has 1 fully saturated rings. The largest absolute Gasteiger partial charge is 0.370 e. The summed E-state index contributed by atoms with van der Waals surface area (Å²) in [4.78, 5) is 0. The van der Waals surface area contributed by atoms with E-state index in [0.29, 0.717) is 12.2 Å². The Balaban J connectivity index is 1.76. The van der Waals surface area contributed by atoms with Gasteiger partial charge in [-0.2, -0.15) is 0 Å². The molecule has 0 saturated carbocycles. The zero-order chi connectivity index (χ0) is 14.6. The van der Waals surface area contributed by atoms with E-state index >= 15 is 0 Å². The summed E-state index contributed by atoms with van der Waals surface area (Å²) in [6.07, 6.45) is 19.4. The zero-order valence-corrected chi connectivity index (χ0v) is 14.3. The van der Waals surface area contributed by atoms with E-state index in [1.54, 1.807) is 0 Å². The fourth-order valence-electron chi connectivity index (χ4n) is 3.06. The highest BCUT2D eigenvalue weighted by molar-refractivity contribution is 4.84. The molecule has 0 aromatic heterocycles. The molecule has 120 valence electrons. The molecule has 0 N–H and O–H groups in total. The van der Waals surface area contributed by atoms with Gasteiger partial charge >= 0.3 is 0 Å². The number of hydrogen-bond donors (Lipinski definition) is 0. The van der Waals surface area contributed by atoms with Crippen LogP contribution in [-0.2, 0) is 4.74 Å². The Morgan fingerprint density at radius 1 is 0.700 bits per heavy atom. The van der Waals surface area contributed by atoms with Crippen LogP contribution < -0.4 is 0 Å². The van der Waals surface area contributed by atoms with Crippen molar-refractivity contribution in [1.82, 2.24) is 0 Å². The maximum atomic E-state index is 5.78. The lowest BCUT2D eigenvalue weighted by atomic mass is 10.0. The van der Waals surface area contributed by atoms with Crippen LogP contribution >= 0.6 is 0 Å². The Bertz CT molecular complexity index is 212. The molecule has 0 amide bonds. The Morgan fingerprint density at radius 3 is 1.75 bits per heavy atom. The molecule has 1 unspecified atom stereocenters. The standard InChI is InChI=1S/C19H38O/c1-4-5-6-7-8-9-10-11-15-18-19(20-18)16-13-12-14-17(2)3/h17-19H,4-16H2,1-3H3/t18?,19-/m0/s1. The van der Waals surface area contributed by atoms with Gasteiger partial charge in [-0.3, -0.25) is 0 Å². The molecule has 0 radical (unpaired) electrons. The van der Waals surface area contributed by atoms with Crippen molar-refractivity contribution in [2.75, 3.05) is 0 Å². The van der Waals surface area contributed by atoms with Gasteiger partial charge in [-0.1, -0.05) is 91.4 Å². The molecule has 1 saturated heterocycles. The summed E-state index contributed by atoms with van der Waals surface area (Å²) < 4.78 is 5.78. The van der Waals surface area contributed by atoms with Gasteiger partial charge in [0.15, 0.2) is 0 Å². The summed E-state index contributed by atoms with van der Waals surface area (Å²) in [5.74, 6) is 0.864. The zero-order valence-electron chi connectivity index (χ0n) is 14.3. The van der Waals surface area contributed by atoms with Crippen LogP contribution in [0, 0.1) is 5.92 Å². The average molecular weight is 283 g/mol. The first-order chi connectivity index (χ1) is 9.74. The summed E-state index contributed by atoms with van der Waals surface area (Å²) in [7, 11) is 0. The second kappa shape index (κ2) is 11.6. The molecule has 1 heterocycles. The lowest BCUT2D eigenvalue weighted by molar-refractivity contribution is 0.346. The molecule has 20 heavy (non-hydrogen) atoms. The Hall–Kier alpha value is -0.0400. The van der Waals surface area contributed by atoms with Crippen molar-refractivity contribution in [2.24, 2.45) is 5.92 Å². The quantitative estimate of drug-likeness (QED) is 0.261. The first-order valence-corrected chi connectivity index (χ1v) is 9.39. The highest BCUT2D eigenvalue weighted by atomic mass is 16.6. The molecule has 1 rings (SSSR count). The van der Waals surface area contributed by atoms with E-state index in [1.165, 1.54) is 83.5 Å². The van der Waals surface area contributed by atoms with Crippen molar-refractivity contribution in [1.29, 1.82) is 0 Å². The maximum absolute atomic E-state index is 5.78. The van der Waals surface area contributed by atoms with Gasteiger partial charge in [0, 0.05) is 0 Å². The van der Waals surface area contributed by atoms with Gasteiger partial charge in [0.05, 0.1) is 12.2 Å². The molecule has 0 aromatic carbocycles. The minimum Gasteiger partial charge on any atom is -0.370 e. The molecule has 1 nitrogen and oxygen atoms in total. The van der Waals surface area contributed by atoms with Gasteiger partial charge in [0.25, 0.3) is 0 Å². The molecule has 0 spiro atoms. The fourth-order valence-corrected chi connectivity index (χ4v) is 3.06. The van der Waals surface area contributed by atoms with Gasteiger partial charge in [-0.25, -0.2) is 0 Å². The summed E-state index contributed by atoms with van der Waals surface area (Å²) in [6, 6.07) is 0. The molecule has 2 atom stereocenters. The number of rotatable bonds is 14. The van der Waals surface area contributed by atoms with Gasteiger partial charge < -0.3 is 4.74 Å². The number of epoxide rings is 1.